The van der Waals surface area contributed by atoms with E-state index in [1.165, 1.54) is 0 Å². The van der Waals surface area contributed by atoms with Gasteiger partial charge in [-0.2, -0.15) is 0 Å². The number of carbonyl (C=O) groups is 1. The molecule has 1 atom stereocenters. The Bertz CT molecular complexity index is 380. The lowest BCUT2D eigenvalue weighted by atomic mass is 10.1. The van der Waals surface area contributed by atoms with Gasteiger partial charge in [0, 0.05) is 17.9 Å². The van der Waals surface area contributed by atoms with Crippen LogP contribution in [0.25, 0.3) is 0 Å². The van der Waals surface area contributed by atoms with E-state index >= 15 is 0 Å². The van der Waals surface area contributed by atoms with Crippen LogP contribution in [0.2, 0.25) is 0 Å². The first-order valence-electron chi connectivity index (χ1n) is 6.41. The van der Waals surface area contributed by atoms with Crippen molar-refractivity contribution in [2.24, 2.45) is 5.73 Å². The van der Waals surface area contributed by atoms with E-state index in [0.29, 0.717) is 19.6 Å². The topological polar surface area (TPSA) is 64.4 Å². The molecule has 0 radical (unpaired) electrons. The molecule has 1 rings (SSSR count). The Kier molecular flexibility index (Phi) is 6.39. The molecular weight excluding hydrogens is 228 g/mol. The summed E-state index contributed by atoms with van der Waals surface area (Å²) >= 11 is 0. The minimum Gasteiger partial charge on any atom is -0.377 e. The molecule has 0 heterocycles. The van der Waals surface area contributed by atoms with Gasteiger partial charge in [-0.15, -0.1) is 0 Å². The molecule has 0 unspecified atom stereocenters. The van der Waals surface area contributed by atoms with Crippen LogP contribution in [-0.4, -0.2) is 18.6 Å². The Morgan fingerprint density at radius 2 is 2.11 bits per heavy atom. The number of nitrogens with two attached hydrogens (primary N) is 1. The largest absolute Gasteiger partial charge is 0.377 e. The third-order valence-electron chi connectivity index (χ3n) is 2.67. The molecule has 0 saturated heterocycles. The lowest BCUT2D eigenvalue weighted by molar-refractivity contribution is -0.117. The molecule has 18 heavy (non-hydrogen) atoms. The highest BCUT2D eigenvalue weighted by atomic mass is 16.5. The first-order chi connectivity index (χ1) is 8.69. The highest BCUT2D eigenvalue weighted by Crippen LogP contribution is 2.16. The number of anilines is 1. The van der Waals surface area contributed by atoms with Crippen molar-refractivity contribution < 1.29 is 9.53 Å². The van der Waals surface area contributed by atoms with Crippen LogP contribution in [0.4, 0.5) is 5.69 Å². The second-order valence-corrected chi connectivity index (χ2v) is 4.18. The Morgan fingerprint density at radius 3 is 2.78 bits per heavy atom. The molecule has 0 bridgehead atoms. The number of ether oxygens (including phenoxy) is 1. The van der Waals surface area contributed by atoms with Crippen molar-refractivity contribution in [2.45, 2.75) is 39.3 Å². The van der Waals surface area contributed by atoms with Gasteiger partial charge < -0.3 is 15.8 Å². The quantitative estimate of drug-likeness (QED) is 0.780. The highest BCUT2D eigenvalue weighted by molar-refractivity contribution is 5.95. The van der Waals surface area contributed by atoms with Gasteiger partial charge in [0.15, 0.2) is 0 Å². The van der Waals surface area contributed by atoms with Crippen LogP contribution in [0.1, 0.15) is 32.3 Å². The third-order valence-corrected chi connectivity index (χ3v) is 2.67. The van der Waals surface area contributed by atoms with Gasteiger partial charge in [-0.1, -0.05) is 31.5 Å². The molecule has 1 aromatic carbocycles. The summed E-state index contributed by atoms with van der Waals surface area (Å²) in [5.41, 5.74) is 7.53. The van der Waals surface area contributed by atoms with Gasteiger partial charge in [0.05, 0.1) is 12.6 Å². The van der Waals surface area contributed by atoms with Gasteiger partial charge in [0.25, 0.3) is 0 Å². The van der Waals surface area contributed by atoms with E-state index in [2.05, 4.69) is 5.32 Å². The number of benzene rings is 1. The van der Waals surface area contributed by atoms with Crippen LogP contribution in [0.15, 0.2) is 24.3 Å². The van der Waals surface area contributed by atoms with E-state index in [1.54, 1.807) is 0 Å². The standard InChI is InChI=1S/C14H22N2O2/c1-3-7-12(15)14(17)16-13-9-6-5-8-11(13)10-18-4-2/h5-6,8-9,12H,3-4,7,10,15H2,1-2H3,(H,16,17)/t12-/m1/s1. The van der Waals surface area contributed by atoms with E-state index in [9.17, 15) is 4.79 Å². The van der Waals surface area contributed by atoms with Crippen LogP contribution in [0.5, 0.6) is 0 Å². The number of para-hydroxylation sites is 1. The summed E-state index contributed by atoms with van der Waals surface area (Å²) in [5.74, 6) is -0.138. The van der Waals surface area contributed by atoms with Crippen molar-refractivity contribution in [3.05, 3.63) is 29.8 Å². The minimum absolute atomic E-state index is 0.138. The lowest BCUT2D eigenvalue weighted by Gasteiger charge is -2.14. The first kappa shape index (κ1) is 14.7. The zero-order valence-corrected chi connectivity index (χ0v) is 11.1. The van der Waals surface area contributed by atoms with Crippen molar-refractivity contribution >= 4 is 11.6 Å². The summed E-state index contributed by atoms with van der Waals surface area (Å²) in [6.07, 6.45) is 1.59. The monoisotopic (exact) mass is 250 g/mol. The smallest absolute Gasteiger partial charge is 0.241 e. The summed E-state index contributed by atoms with van der Waals surface area (Å²) in [5, 5.41) is 2.86. The van der Waals surface area contributed by atoms with Crippen molar-refractivity contribution in [1.29, 1.82) is 0 Å². The predicted molar refractivity (Wildman–Crippen MR) is 73.3 cm³/mol. The van der Waals surface area contributed by atoms with Crippen LogP contribution < -0.4 is 11.1 Å². The van der Waals surface area contributed by atoms with Gasteiger partial charge >= 0.3 is 0 Å². The second kappa shape index (κ2) is 7.84. The molecule has 0 aliphatic heterocycles. The number of rotatable bonds is 7. The summed E-state index contributed by atoms with van der Waals surface area (Å²) in [6, 6.07) is 7.17. The summed E-state index contributed by atoms with van der Waals surface area (Å²) in [6.45, 7) is 5.10. The molecule has 100 valence electrons. The molecule has 4 heteroatoms. The molecule has 0 aliphatic rings. The maximum absolute atomic E-state index is 11.9. The molecule has 1 aromatic rings. The van der Waals surface area contributed by atoms with E-state index < -0.39 is 6.04 Å². The van der Waals surface area contributed by atoms with Gasteiger partial charge in [-0.05, 0) is 19.4 Å². The molecular formula is C14H22N2O2. The van der Waals surface area contributed by atoms with Crippen LogP contribution >= 0.6 is 0 Å². The first-order valence-corrected chi connectivity index (χ1v) is 6.41. The predicted octanol–water partition coefficient (Wildman–Crippen LogP) is 2.29. The third kappa shape index (κ3) is 4.47. The number of hydrogen-bond acceptors (Lipinski definition) is 3. The van der Waals surface area contributed by atoms with Crippen LogP contribution in [0, 0.1) is 0 Å². The maximum Gasteiger partial charge on any atom is 0.241 e. The summed E-state index contributed by atoms with van der Waals surface area (Å²) in [4.78, 5) is 11.9. The normalized spacial score (nSPS) is 12.2. The number of nitrogens with one attached hydrogen (secondary N) is 1. The Labute approximate surface area is 109 Å². The second-order valence-electron chi connectivity index (χ2n) is 4.18. The molecule has 3 N–H and O–H groups in total. The van der Waals surface area contributed by atoms with Gasteiger partial charge in [-0.3, -0.25) is 4.79 Å². The van der Waals surface area contributed by atoms with Gasteiger partial charge in [-0.25, -0.2) is 0 Å². The summed E-state index contributed by atoms with van der Waals surface area (Å²) in [7, 11) is 0. The number of carbonyl (C=O) groups excluding carboxylic acids is 1. The average Bonchev–Trinajstić information content (AvgIpc) is 2.38. The van der Waals surface area contributed by atoms with E-state index in [4.69, 9.17) is 10.5 Å². The van der Waals surface area contributed by atoms with Gasteiger partial charge in [0.1, 0.15) is 0 Å². The Hall–Kier alpha value is -1.39. The van der Waals surface area contributed by atoms with E-state index in [1.807, 2.05) is 38.1 Å². The van der Waals surface area contributed by atoms with Crippen molar-refractivity contribution in [2.75, 3.05) is 11.9 Å². The zero-order valence-electron chi connectivity index (χ0n) is 11.1. The lowest BCUT2D eigenvalue weighted by Crippen LogP contribution is -2.35. The SMILES string of the molecule is CCC[C@@H](N)C(=O)Nc1ccccc1COCC. The van der Waals surface area contributed by atoms with E-state index in [-0.39, 0.29) is 5.91 Å². The van der Waals surface area contributed by atoms with E-state index in [0.717, 1.165) is 17.7 Å². The van der Waals surface area contributed by atoms with Crippen molar-refractivity contribution in [3.63, 3.8) is 0 Å². The Morgan fingerprint density at radius 1 is 1.39 bits per heavy atom. The number of amides is 1. The molecule has 0 saturated carbocycles. The molecule has 0 fully saturated rings. The van der Waals surface area contributed by atoms with Crippen molar-refractivity contribution in [1.82, 2.24) is 0 Å². The zero-order chi connectivity index (χ0) is 13.4. The fourth-order valence-electron chi connectivity index (χ4n) is 1.65. The molecule has 1 amide bonds. The maximum atomic E-state index is 11.9. The summed E-state index contributed by atoms with van der Waals surface area (Å²) < 4.78 is 5.37. The van der Waals surface area contributed by atoms with Crippen molar-refractivity contribution in [3.8, 4) is 0 Å². The van der Waals surface area contributed by atoms with Crippen LogP contribution in [0.3, 0.4) is 0 Å². The fraction of sp³-hybridized carbons (Fsp3) is 0.500. The Balaban J connectivity index is 2.68. The molecule has 0 spiro atoms. The number of hydrogen-bond donors (Lipinski definition) is 2. The highest BCUT2D eigenvalue weighted by Gasteiger charge is 2.13. The fourth-order valence-corrected chi connectivity index (χ4v) is 1.65. The molecule has 0 aliphatic carbocycles. The molecule has 0 aromatic heterocycles. The molecule has 4 nitrogen and oxygen atoms in total. The van der Waals surface area contributed by atoms with Crippen LogP contribution in [-0.2, 0) is 16.1 Å². The minimum atomic E-state index is -0.449. The average molecular weight is 250 g/mol. The van der Waals surface area contributed by atoms with Gasteiger partial charge in [0.2, 0.25) is 5.91 Å².